The molecule has 182 valence electrons. The summed E-state index contributed by atoms with van der Waals surface area (Å²) in [6.07, 6.45) is -0.608. The van der Waals surface area contributed by atoms with Crippen LogP contribution in [0, 0.1) is 17.5 Å². The van der Waals surface area contributed by atoms with Crippen molar-refractivity contribution < 1.29 is 32.5 Å². The van der Waals surface area contributed by atoms with E-state index in [0.717, 1.165) is 28.7 Å². The van der Waals surface area contributed by atoms with Gasteiger partial charge in [-0.2, -0.15) is 0 Å². The summed E-state index contributed by atoms with van der Waals surface area (Å²) in [5.41, 5.74) is 0.994. The Morgan fingerprint density at radius 2 is 1.58 bits per heavy atom. The zero-order chi connectivity index (χ0) is 25.2. The normalized spacial score (nSPS) is 11.2. The molecule has 0 fully saturated rings. The van der Waals surface area contributed by atoms with E-state index < -0.39 is 23.6 Å². The second-order valence-corrected chi connectivity index (χ2v) is 8.18. The first-order valence-electron chi connectivity index (χ1n) is 11.2. The summed E-state index contributed by atoms with van der Waals surface area (Å²) in [7, 11) is 0. The average Bonchev–Trinajstić information content (AvgIpc) is 3.22. The molecule has 0 aliphatic rings. The van der Waals surface area contributed by atoms with Gasteiger partial charge in [-0.3, -0.25) is 0 Å². The maximum absolute atomic E-state index is 14.5. The Labute approximate surface area is 203 Å². The number of fused-ring (bicyclic) bond motifs is 2. The Morgan fingerprint density at radius 1 is 0.833 bits per heavy atom. The van der Waals surface area contributed by atoms with E-state index in [1.165, 1.54) is 6.07 Å². The van der Waals surface area contributed by atoms with Gasteiger partial charge in [0.25, 0.3) is 0 Å². The lowest BCUT2D eigenvalue weighted by Crippen LogP contribution is -2.06. The van der Waals surface area contributed by atoms with Crippen molar-refractivity contribution in [2.24, 2.45) is 0 Å². The summed E-state index contributed by atoms with van der Waals surface area (Å²) in [6.45, 7) is 0.352. The van der Waals surface area contributed by atoms with Crippen LogP contribution < -0.4 is 9.47 Å². The number of hydrogen-bond donors (Lipinski definition) is 2. The van der Waals surface area contributed by atoms with Crippen LogP contribution in [0.15, 0.2) is 72.8 Å². The summed E-state index contributed by atoms with van der Waals surface area (Å²) >= 11 is 0. The molecule has 0 aliphatic carbocycles. The van der Waals surface area contributed by atoms with Crippen LogP contribution in [0.1, 0.15) is 12.0 Å². The minimum absolute atomic E-state index is 0.0156. The Kier molecular flexibility index (Phi) is 6.25. The molecule has 0 saturated carbocycles. The topological polar surface area (TPSA) is 71.5 Å². The minimum Gasteiger partial charge on any atom is -0.493 e. The summed E-state index contributed by atoms with van der Waals surface area (Å²) in [5, 5.41) is 11.8. The number of aryl methyl sites for hydroxylation is 1. The third kappa shape index (κ3) is 4.33. The molecule has 8 heteroatoms. The van der Waals surface area contributed by atoms with Crippen molar-refractivity contribution >= 4 is 27.8 Å². The lowest BCUT2D eigenvalue weighted by Gasteiger charge is -2.10. The van der Waals surface area contributed by atoms with Gasteiger partial charge in [-0.25, -0.2) is 18.0 Å². The lowest BCUT2D eigenvalue weighted by atomic mass is 10.00. The first-order valence-corrected chi connectivity index (χ1v) is 11.2. The number of rotatable bonds is 7. The quantitative estimate of drug-likeness (QED) is 0.141. The predicted octanol–water partition coefficient (Wildman–Crippen LogP) is 7.47. The van der Waals surface area contributed by atoms with Crippen molar-refractivity contribution in [3.8, 4) is 22.8 Å². The molecule has 5 aromatic rings. The molecule has 0 aliphatic heterocycles. The Bertz CT molecular complexity index is 1590. The molecule has 0 bridgehead atoms. The maximum Gasteiger partial charge on any atom is 0.512 e. The molecular formula is C28H20F3NO4. The van der Waals surface area contributed by atoms with Crippen molar-refractivity contribution in [2.75, 3.05) is 6.61 Å². The van der Waals surface area contributed by atoms with Crippen molar-refractivity contribution in [1.82, 2.24) is 4.98 Å². The largest absolute Gasteiger partial charge is 0.512 e. The number of halogens is 3. The van der Waals surface area contributed by atoms with Gasteiger partial charge in [0.15, 0.2) is 17.5 Å². The number of aromatic amines is 1. The van der Waals surface area contributed by atoms with Crippen molar-refractivity contribution in [3.63, 3.8) is 0 Å². The summed E-state index contributed by atoms with van der Waals surface area (Å²) in [5.74, 6) is -3.48. The van der Waals surface area contributed by atoms with E-state index in [2.05, 4.69) is 4.98 Å². The predicted molar refractivity (Wildman–Crippen MR) is 130 cm³/mol. The van der Waals surface area contributed by atoms with Crippen LogP contribution in [0.3, 0.4) is 0 Å². The number of hydrogen-bond acceptors (Lipinski definition) is 3. The first kappa shape index (κ1) is 23.3. The molecule has 5 nitrogen and oxygen atoms in total. The van der Waals surface area contributed by atoms with Crippen LogP contribution in [-0.4, -0.2) is 22.9 Å². The molecule has 0 unspecified atom stereocenters. The number of aromatic nitrogens is 1. The fourth-order valence-electron chi connectivity index (χ4n) is 4.38. The summed E-state index contributed by atoms with van der Waals surface area (Å²) < 4.78 is 52.9. The number of nitrogens with one attached hydrogen (secondary N) is 1. The van der Waals surface area contributed by atoms with Crippen molar-refractivity contribution in [2.45, 2.75) is 12.8 Å². The number of benzene rings is 4. The molecule has 0 radical (unpaired) electrons. The number of carbonyl (C=O) groups is 1. The second-order valence-electron chi connectivity index (χ2n) is 8.18. The molecule has 0 spiro atoms. The third-order valence-electron chi connectivity index (χ3n) is 6.00. The minimum atomic E-state index is -1.58. The number of carboxylic acid groups (broad SMARTS) is 1. The molecule has 1 aromatic heterocycles. The van der Waals surface area contributed by atoms with Crippen LogP contribution in [-0.2, 0) is 6.42 Å². The van der Waals surface area contributed by atoms with Gasteiger partial charge < -0.3 is 19.6 Å². The molecule has 5 rings (SSSR count). The van der Waals surface area contributed by atoms with E-state index in [0.29, 0.717) is 35.9 Å². The molecule has 1 heterocycles. The highest BCUT2D eigenvalue weighted by atomic mass is 19.2. The van der Waals surface area contributed by atoms with Crippen LogP contribution in [0.25, 0.3) is 32.8 Å². The SMILES string of the molecule is O=C(O)Oc1[nH]c2c(-c3ccc(F)c(F)c3F)cccc2c1CCCOc1cccc2ccccc12. The van der Waals surface area contributed by atoms with E-state index >= 15 is 0 Å². The molecule has 0 atom stereocenters. The average molecular weight is 491 g/mol. The van der Waals surface area contributed by atoms with Gasteiger partial charge in [0, 0.05) is 27.5 Å². The van der Waals surface area contributed by atoms with E-state index in [-0.39, 0.29) is 17.0 Å². The zero-order valence-electron chi connectivity index (χ0n) is 18.9. The second kappa shape index (κ2) is 9.65. The lowest BCUT2D eigenvalue weighted by molar-refractivity contribution is 0.142. The van der Waals surface area contributed by atoms with Gasteiger partial charge in [-0.15, -0.1) is 0 Å². The molecule has 0 amide bonds. The Balaban J connectivity index is 1.44. The van der Waals surface area contributed by atoms with Gasteiger partial charge >= 0.3 is 6.16 Å². The van der Waals surface area contributed by atoms with Crippen LogP contribution >= 0.6 is 0 Å². The van der Waals surface area contributed by atoms with Gasteiger partial charge in [-0.1, -0.05) is 54.6 Å². The molecular weight excluding hydrogens is 471 g/mol. The molecule has 2 N–H and O–H groups in total. The Morgan fingerprint density at radius 3 is 2.42 bits per heavy atom. The highest BCUT2D eigenvalue weighted by Crippen LogP contribution is 2.37. The zero-order valence-corrected chi connectivity index (χ0v) is 18.9. The smallest absolute Gasteiger partial charge is 0.493 e. The van der Waals surface area contributed by atoms with Gasteiger partial charge in [0.1, 0.15) is 5.75 Å². The number of ether oxygens (including phenoxy) is 2. The fraction of sp³-hybridized carbons (Fsp3) is 0.107. The van der Waals surface area contributed by atoms with E-state index in [1.54, 1.807) is 12.1 Å². The highest BCUT2D eigenvalue weighted by molar-refractivity contribution is 5.98. The fourth-order valence-corrected chi connectivity index (χ4v) is 4.38. The van der Waals surface area contributed by atoms with Gasteiger partial charge in [0.2, 0.25) is 5.88 Å². The molecule has 4 aromatic carbocycles. The van der Waals surface area contributed by atoms with Crippen molar-refractivity contribution in [1.29, 1.82) is 0 Å². The molecule has 0 saturated heterocycles. The standard InChI is InChI=1S/C28H20F3NO4/c29-22-14-13-18(24(30)25(22)31)19-9-4-10-20-21(27(32-26(19)20)36-28(33)34)11-5-15-35-23-12-3-7-16-6-1-2-8-17(16)23/h1-4,6-10,12-14,32H,5,11,15H2,(H,33,34). The first-order chi connectivity index (χ1) is 17.4. The summed E-state index contributed by atoms with van der Waals surface area (Å²) in [4.78, 5) is 14.2. The van der Waals surface area contributed by atoms with Crippen LogP contribution in [0.4, 0.5) is 18.0 Å². The maximum atomic E-state index is 14.5. The van der Waals surface area contributed by atoms with Crippen LogP contribution in [0.2, 0.25) is 0 Å². The number of para-hydroxylation sites is 1. The van der Waals surface area contributed by atoms with E-state index in [9.17, 15) is 23.1 Å². The van der Waals surface area contributed by atoms with Crippen molar-refractivity contribution in [3.05, 3.63) is 95.8 Å². The highest BCUT2D eigenvalue weighted by Gasteiger charge is 2.21. The van der Waals surface area contributed by atoms with Crippen LogP contribution in [0.5, 0.6) is 11.6 Å². The van der Waals surface area contributed by atoms with Gasteiger partial charge in [-0.05, 0) is 36.4 Å². The van der Waals surface area contributed by atoms with E-state index in [4.69, 9.17) is 9.47 Å². The van der Waals surface area contributed by atoms with E-state index in [1.807, 2.05) is 42.5 Å². The summed E-state index contributed by atoms with van der Waals surface area (Å²) in [6, 6.07) is 20.5. The number of H-pyrrole nitrogens is 1. The third-order valence-corrected chi connectivity index (χ3v) is 6.00. The van der Waals surface area contributed by atoms with Gasteiger partial charge in [0.05, 0.1) is 12.1 Å². The monoisotopic (exact) mass is 491 g/mol. The molecule has 36 heavy (non-hydrogen) atoms. The Hall–Kier alpha value is -4.46.